The molecule has 6 heteroatoms. The second-order valence-corrected chi connectivity index (χ2v) is 3.84. The molecular formula is C11H14N2O3S. The summed E-state index contributed by atoms with van der Waals surface area (Å²) in [5.74, 6) is -0.734. The molecule has 0 spiro atoms. The summed E-state index contributed by atoms with van der Waals surface area (Å²) >= 11 is 4.14. The van der Waals surface area contributed by atoms with E-state index in [0.29, 0.717) is 12.1 Å². The third-order valence-corrected chi connectivity index (χ3v) is 2.16. The second kappa shape index (κ2) is 6.93. The Bertz CT molecular complexity index is 409. The third kappa shape index (κ3) is 5.37. The van der Waals surface area contributed by atoms with Crippen LogP contribution in [0.25, 0.3) is 0 Å². The van der Waals surface area contributed by atoms with E-state index >= 15 is 0 Å². The standard InChI is InChI=1S/C11H14N2O3S/c12-10(14)7-16-5-4-13-11(15)8-2-1-3-9(17)6-8/h1-3,6,17H,4-5,7H2,(H2,12,14)(H,13,15). The van der Waals surface area contributed by atoms with Crippen LogP contribution in [-0.2, 0) is 9.53 Å². The van der Waals surface area contributed by atoms with Gasteiger partial charge < -0.3 is 15.8 Å². The smallest absolute Gasteiger partial charge is 0.251 e. The quantitative estimate of drug-likeness (QED) is 0.501. The van der Waals surface area contributed by atoms with E-state index in [4.69, 9.17) is 10.5 Å². The van der Waals surface area contributed by atoms with Crippen molar-refractivity contribution in [2.24, 2.45) is 5.73 Å². The maximum absolute atomic E-state index is 11.6. The average molecular weight is 254 g/mol. The largest absolute Gasteiger partial charge is 0.370 e. The Balaban J connectivity index is 2.28. The predicted molar refractivity (Wildman–Crippen MR) is 66.0 cm³/mol. The average Bonchev–Trinajstić information content (AvgIpc) is 2.28. The van der Waals surface area contributed by atoms with Crippen LogP contribution in [0.4, 0.5) is 0 Å². The van der Waals surface area contributed by atoms with Gasteiger partial charge in [0, 0.05) is 17.0 Å². The zero-order valence-electron chi connectivity index (χ0n) is 9.18. The minimum atomic E-state index is -0.529. The van der Waals surface area contributed by atoms with Gasteiger partial charge in [0.1, 0.15) is 6.61 Å². The molecule has 1 rings (SSSR count). The fourth-order valence-electron chi connectivity index (χ4n) is 1.16. The number of carbonyl (C=O) groups excluding carboxylic acids is 2. The summed E-state index contributed by atoms with van der Waals surface area (Å²) in [5.41, 5.74) is 5.42. The molecule has 5 nitrogen and oxygen atoms in total. The van der Waals surface area contributed by atoms with E-state index in [1.165, 1.54) is 0 Å². The molecule has 0 bridgehead atoms. The summed E-state index contributed by atoms with van der Waals surface area (Å²) in [6.45, 7) is 0.431. The zero-order valence-corrected chi connectivity index (χ0v) is 10.1. The first-order valence-electron chi connectivity index (χ1n) is 5.03. The lowest BCUT2D eigenvalue weighted by Crippen LogP contribution is -2.28. The monoisotopic (exact) mass is 254 g/mol. The topological polar surface area (TPSA) is 81.4 Å². The van der Waals surface area contributed by atoms with Crippen molar-refractivity contribution in [2.45, 2.75) is 4.90 Å². The van der Waals surface area contributed by atoms with Crippen LogP contribution < -0.4 is 11.1 Å². The van der Waals surface area contributed by atoms with Gasteiger partial charge >= 0.3 is 0 Å². The number of hydrogen-bond donors (Lipinski definition) is 3. The summed E-state index contributed by atoms with van der Waals surface area (Å²) in [6, 6.07) is 6.90. The molecule has 3 N–H and O–H groups in total. The van der Waals surface area contributed by atoms with Crippen molar-refractivity contribution in [3.05, 3.63) is 29.8 Å². The molecule has 0 aliphatic carbocycles. The first-order chi connectivity index (χ1) is 8.09. The SMILES string of the molecule is NC(=O)COCCNC(=O)c1cccc(S)c1. The summed E-state index contributed by atoms with van der Waals surface area (Å²) in [4.78, 5) is 22.7. The number of nitrogens with one attached hydrogen (secondary N) is 1. The minimum Gasteiger partial charge on any atom is -0.370 e. The summed E-state index contributed by atoms with van der Waals surface area (Å²) in [6.07, 6.45) is 0. The normalized spacial score (nSPS) is 9.94. The molecule has 0 atom stereocenters. The Morgan fingerprint density at radius 3 is 2.82 bits per heavy atom. The van der Waals surface area contributed by atoms with Gasteiger partial charge in [0.15, 0.2) is 0 Å². The van der Waals surface area contributed by atoms with Crippen molar-refractivity contribution in [3.63, 3.8) is 0 Å². The van der Waals surface area contributed by atoms with Crippen molar-refractivity contribution in [1.82, 2.24) is 5.32 Å². The molecule has 0 aliphatic rings. The van der Waals surface area contributed by atoms with Crippen molar-refractivity contribution >= 4 is 24.4 Å². The highest BCUT2D eigenvalue weighted by Gasteiger charge is 2.04. The Morgan fingerprint density at radius 1 is 1.41 bits per heavy atom. The van der Waals surface area contributed by atoms with Crippen molar-refractivity contribution in [3.8, 4) is 0 Å². The van der Waals surface area contributed by atoms with Gasteiger partial charge in [-0.05, 0) is 18.2 Å². The van der Waals surface area contributed by atoms with Crippen molar-refractivity contribution < 1.29 is 14.3 Å². The lowest BCUT2D eigenvalue weighted by atomic mass is 10.2. The number of primary amides is 1. The number of rotatable bonds is 6. The number of amides is 2. The van der Waals surface area contributed by atoms with E-state index in [-0.39, 0.29) is 19.1 Å². The fourth-order valence-corrected chi connectivity index (χ4v) is 1.38. The van der Waals surface area contributed by atoms with E-state index in [2.05, 4.69) is 17.9 Å². The van der Waals surface area contributed by atoms with E-state index in [0.717, 1.165) is 4.90 Å². The maximum Gasteiger partial charge on any atom is 0.251 e. The molecule has 0 fully saturated rings. The molecule has 0 saturated heterocycles. The van der Waals surface area contributed by atoms with Gasteiger partial charge in [-0.3, -0.25) is 9.59 Å². The number of nitrogens with two attached hydrogens (primary N) is 1. The van der Waals surface area contributed by atoms with Crippen LogP contribution >= 0.6 is 12.6 Å². The minimum absolute atomic E-state index is 0.137. The van der Waals surface area contributed by atoms with Crippen LogP contribution in [0.2, 0.25) is 0 Å². The molecule has 0 unspecified atom stereocenters. The number of carbonyl (C=O) groups is 2. The fraction of sp³-hybridized carbons (Fsp3) is 0.273. The molecule has 0 aliphatic heterocycles. The molecule has 0 aromatic heterocycles. The molecule has 17 heavy (non-hydrogen) atoms. The lowest BCUT2D eigenvalue weighted by molar-refractivity contribution is -0.122. The highest BCUT2D eigenvalue weighted by molar-refractivity contribution is 7.80. The maximum atomic E-state index is 11.6. The van der Waals surface area contributed by atoms with Gasteiger partial charge in [0.25, 0.3) is 5.91 Å². The lowest BCUT2D eigenvalue weighted by Gasteiger charge is -2.05. The van der Waals surface area contributed by atoms with Crippen LogP contribution in [0.1, 0.15) is 10.4 Å². The number of ether oxygens (including phenoxy) is 1. The first kappa shape index (κ1) is 13.5. The molecule has 92 valence electrons. The Hall–Kier alpha value is -1.53. The third-order valence-electron chi connectivity index (χ3n) is 1.88. The highest BCUT2D eigenvalue weighted by Crippen LogP contribution is 2.08. The van der Waals surface area contributed by atoms with Gasteiger partial charge in [-0.2, -0.15) is 0 Å². The van der Waals surface area contributed by atoms with Crippen LogP contribution in [0.5, 0.6) is 0 Å². The molecule has 1 aromatic carbocycles. The summed E-state index contributed by atoms with van der Waals surface area (Å²) in [7, 11) is 0. The van der Waals surface area contributed by atoms with Crippen LogP contribution in [0.3, 0.4) is 0 Å². The van der Waals surface area contributed by atoms with E-state index in [9.17, 15) is 9.59 Å². The van der Waals surface area contributed by atoms with Crippen molar-refractivity contribution in [1.29, 1.82) is 0 Å². The van der Waals surface area contributed by atoms with Gasteiger partial charge in [-0.25, -0.2) is 0 Å². The summed E-state index contributed by atoms with van der Waals surface area (Å²) < 4.78 is 4.90. The molecule has 0 radical (unpaired) electrons. The van der Waals surface area contributed by atoms with Crippen LogP contribution in [0, 0.1) is 0 Å². The van der Waals surface area contributed by atoms with Gasteiger partial charge in [-0.1, -0.05) is 6.07 Å². The predicted octanol–water partition coefficient (Wildman–Crippen LogP) is 0.207. The Morgan fingerprint density at radius 2 is 2.18 bits per heavy atom. The second-order valence-electron chi connectivity index (χ2n) is 3.33. The molecule has 1 aromatic rings. The van der Waals surface area contributed by atoms with Crippen LogP contribution in [0.15, 0.2) is 29.2 Å². The van der Waals surface area contributed by atoms with Gasteiger partial charge in [0.2, 0.25) is 5.91 Å². The molecule has 2 amide bonds. The molecule has 0 heterocycles. The number of benzene rings is 1. The Kier molecular flexibility index (Phi) is 5.51. The van der Waals surface area contributed by atoms with Gasteiger partial charge in [-0.15, -0.1) is 12.6 Å². The Labute approximate surface area is 105 Å². The zero-order chi connectivity index (χ0) is 12.7. The van der Waals surface area contributed by atoms with E-state index in [1.807, 2.05) is 0 Å². The molecule has 0 saturated carbocycles. The first-order valence-corrected chi connectivity index (χ1v) is 5.47. The van der Waals surface area contributed by atoms with E-state index in [1.54, 1.807) is 24.3 Å². The molecular weight excluding hydrogens is 240 g/mol. The number of hydrogen-bond acceptors (Lipinski definition) is 4. The highest BCUT2D eigenvalue weighted by atomic mass is 32.1. The van der Waals surface area contributed by atoms with Gasteiger partial charge in [0.05, 0.1) is 6.61 Å². The van der Waals surface area contributed by atoms with Crippen molar-refractivity contribution in [2.75, 3.05) is 19.8 Å². The van der Waals surface area contributed by atoms with Crippen LogP contribution in [-0.4, -0.2) is 31.6 Å². The van der Waals surface area contributed by atoms with E-state index < -0.39 is 5.91 Å². The number of thiol groups is 1. The summed E-state index contributed by atoms with van der Waals surface area (Å²) in [5, 5.41) is 2.65.